The number of nitrogens with zero attached hydrogens (tertiary/aromatic N) is 2. The third-order valence-corrected chi connectivity index (χ3v) is 2.78. The van der Waals surface area contributed by atoms with Crippen LogP contribution in [0, 0.1) is 27.0 Å². The van der Waals surface area contributed by atoms with Crippen LogP contribution in [0.2, 0.25) is 0 Å². The van der Waals surface area contributed by atoms with E-state index in [0.717, 1.165) is 12.8 Å². The number of benzene rings is 1. The molecule has 16 heavy (non-hydrogen) atoms. The second-order valence-electron chi connectivity index (χ2n) is 3.97. The summed E-state index contributed by atoms with van der Waals surface area (Å²) in [6.45, 7) is 18.9. The van der Waals surface area contributed by atoms with Crippen LogP contribution < -0.4 is 0 Å². The van der Waals surface area contributed by atoms with E-state index in [4.69, 9.17) is 13.1 Å². The van der Waals surface area contributed by atoms with Gasteiger partial charge in [-0.2, -0.15) is 0 Å². The van der Waals surface area contributed by atoms with Gasteiger partial charge in [0.15, 0.2) is 0 Å². The van der Waals surface area contributed by atoms with Crippen LogP contribution in [-0.4, -0.2) is 13.1 Å². The maximum atomic E-state index is 6.81. The Bertz CT molecular complexity index is 408. The van der Waals surface area contributed by atoms with Gasteiger partial charge in [-0.05, 0) is 36.1 Å². The Labute approximate surface area is 97.6 Å². The minimum atomic E-state index is 0.548. The molecule has 0 aromatic heterocycles. The quantitative estimate of drug-likeness (QED) is 0.677. The first-order valence-electron chi connectivity index (χ1n) is 5.44. The standard InChI is InChI=1S/C14H16N2/c1-11-9-12(2)14(6-8-16-4)10-13(11)5-7-15-3/h9-10H,5-8H2,1-2H3. The molecular formula is C14H16N2. The van der Waals surface area contributed by atoms with Crippen LogP contribution in [0.1, 0.15) is 22.3 Å². The SMILES string of the molecule is [C-]#[N+]CCc1cc(CC[N+]#[C-])c(C)cc1C. The summed E-state index contributed by atoms with van der Waals surface area (Å²) in [5.41, 5.74) is 5.02. The lowest BCUT2D eigenvalue weighted by Gasteiger charge is -2.09. The number of hydrogen-bond acceptors (Lipinski definition) is 0. The Balaban J connectivity index is 2.93. The molecule has 0 N–H and O–H groups in total. The van der Waals surface area contributed by atoms with Gasteiger partial charge in [0.25, 0.3) is 0 Å². The molecule has 0 aliphatic rings. The van der Waals surface area contributed by atoms with Gasteiger partial charge in [0.05, 0.1) is 0 Å². The average Bonchev–Trinajstić information content (AvgIpc) is 2.26. The molecule has 0 heterocycles. The van der Waals surface area contributed by atoms with Gasteiger partial charge < -0.3 is 9.69 Å². The molecule has 0 radical (unpaired) electrons. The fraction of sp³-hybridized carbons (Fsp3) is 0.429. The van der Waals surface area contributed by atoms with Gasteiger partial charge in [0.2, 0.25) is 13.1 Å². The van der Waals surface area contributed by atoms with Crippen molar-refractivity contribution in [2.24, 2.45) is 0 Å². The summed E-state index contributed by atoms with van der Waals surface area (Å²) in [5, 5.41) is 0. The molecule has 0 bridgehead atoms. The van der Waals surface area contributed by atoms with Gasteiger partial charge in [-0.25, -0.2) is 13.1 Å². The Morgan fingerprint density at radius 3 is 1.69 bits per heavy atom. The molecular weight excluding hydrogens is 196 g/mol. The smallest absolute Gasteiger partial charge is 0.218 e. The third kappa shape index (κ3) is 3.11. The van der Waals surface area contributed by atoms with Gasteiger partial charge in [-0.3, -0.25) is 0 Å². The summed E-state index contributed by atoms with van der Waals surface area (Å²) >= 11 is 0. The molecule has 0 spiro atoms. The molecule has 2 heteroatoms. The lowest BCUT2D eigenvalue weighted by atomic mass is 9.96. The molecule has 2 nitrogen and oxygen atoms in total. The molecule has 0 amide bonds. The third-order valence-electron chi connectivity index (χ3n) is 2.78. The van der Waals surface area contributed by atoms with Crippen LogP contribution in [0.4, 0.5) is 0 Å². The van der Waals surface area contributed by atoms with Crippen LogP contribution in [0.15, 0.2) is 12.1 Å². The van der Waals surface area contributed by atoms with E-state index in [1.807, 2.05) is 0 Å². The van der Waals surface area contributed by atoms with Crippen molar-refractivity contribution in [3.63, 3.8) is 0 Å². The molecule has 0 fully saturated rings. The molecule has 1 aromatic carbocycles. The highest BCUT2D eigenvalue weighted by molar-refractivity contribution is 5.37. The van der Waals surface area contributed by atoms with Crippen molar-refractivity contribution >= 4 is 0 Å². The van der Waals surface area contributed by atoms with Gasteiger partial charge in [0.1, 0.15) is 0 Å². The first-order chi connectivity index (χ1) is 7.69. The highest BCUT2D eigenvalue weighted by Gasteiger charge is 2.06. The van der Waals surface area contributed by atoms with Crippen molar-refractivity contribution in [3.8, 4) is 0 Å². The van der Waals surface area contributed by atoms with E-state index >= 15 is 0 Å². The zero-order valence-electron chi connectivity index (χ0n) is 9.88. The minimum absolute atomic E-state index is 0.548. The van der Waals surface area contributed by atoms with Crippen LogP contribution in [0.25, 0.3) is 9.69 Å². The summed E-state index contributed by atoms with van der Waals surface area (Å²) in [6, 6.07) is 4.33. The molecule has 82 valence electrons. The first kappa shape index (κ1) is 12.3. The maximum Gasteiger partial charge on any atom is 0.218 e. The summed E-state index contributed by atoms with van der Waals surface area (Å²) in [4.78, 5) is 6.78. The van der Waals surface area contributed by atoms with Crippen molar-refractivity contribution in [1.82, 2.24) is 0 Å². The average molecular weight is 212 g/mol. The Hall–Kier alpha value is -1.80. The molecule has 1 aromatic rings. The van der Waals surface area contributed by atoms with Gasteiger partial charge in [0, 0.05) is 12.8 Å². The van der Waals surface area contributed by atoms with Crippen molar-refractivity contribution in [2.75, 3.05) is 13.1 Å². The van der Waals surface area contributed by atoms with E-state index in [1.165, 1.54) is 22.3 Å². The van der Waals surface area contributed by atoms with Gasteiger partial charge in [-0.1, -0.05) is 12.1 Å². The van der Waals surface area contributed by atoms with E-state index in [-0.39, 0.29) is 0 Å². The van der Waals surface area contributed by atoms with E-state index < -0.39 is 0 Å². The summed E-state index contributed by atoms with van der Waals surface area (Å²) in [5.74, 6) is 0. The Morgan fingerprint density at radius 2 is 1.31 bits per heavy atom. The zero-order valence-corrected chi connectivity index (χ0v) is 9.88. The predicted molar refractivity (Wildman–Crippen MR) is 66.3 cm³/mol. The normalized spacial score (nSPS) is 9.50. The second-order valence-corrected chi connectivity index (χ2v) is 3.97. The molecule has 0 atom stereocenters. The van der Waals surface area contributed by atoms with E-state index in [9.17, 15) is 0 Å². The van der Waals surface area contributed by atoms with Crippen molar-refractivity contribution in [1.29, 1.82) is 0 Å². The second kappa shape index (κ2) is 5.93. The lowest BCUT2D eigenvalue weighted by Crippen LogP contribution is -1.99. The van der Waals surface area contributed by atoms with E-state index in [1.54, 1.807) is 0 Å². The lowest BCUT2D eigenvalue weighted by molar-refractivity contribution is 1.01. The van der Waals surface area contributed by atoms with Crippen molar-refractivity contribution in [2.45, 2.75) is 26.7 Å². The molecule has 0 saturated heterocycles. The topological polar surface area (TPSA) is 8.72 Å². The van der Waals surface area contributed by atoms with Crippen LogP contribution in [0.3, 0.4) is 0 Å². The molecule has 0 aliphatic heterocycles. The van der Waals surface area contributed by atoms with Crippen LogP contribution in [0.5, 0.6) is 0 Å². The number of rotatable bonds is 4. The zero-order chi connectivity index (χ0) is 12.0. The molecule has 0 saturated carbocycles. The fourth-order valence-corrected chi connectivity index (χ4v) is 1.84. The monoisotopic (exact) mass is 212 g/mol. The van der Waals surface area contributed by atoms with Crippen LogP contribution in [-0.2, 0) is 12.8 Å². The van der Waals surface area contributed by atoms with Gasteiger partial charge in [-0.15, -0.1) is 0 Å². The summed E-state index contributed by atoms with van der Waals surface area (Å²) < 4.78 is 0. The summed E-state index contributed by atoms with van der Waals surface area (Å²) in [7, 11) is 0. The fourth-order valence-electron chi connectivity index (χ4n) is 1.84. The predicted octanol–water partition coefficient (Wildman–Crippen LogP) is 3.23. The van der Waals surface area contributed by atoms with E-state index in [2.05, 4.69) is 35.7 Å². The molecule has 0 unspecified atom stereocenters. The number of hydrogen-bond donors (Lipinski definition) is 0. The first-order valence-corrected chi connectivity index (χ1v) is 5.44. The largest absolute Gasteiger partial charge is 0.317 e. The minimum Gasteiger partial charge on any atom is -0.317 e. The van der Waals surface area contributed by atoms with Gasteiger partial charge >= 0.3 is 0 Å². The molecule has 1 rings (SSSR count). The Kier molecular flexibility index (Phi) is 4.55. The number of aryl methyl sites for hydroxylation is 2. The maximum absolute atomic E-state index is 6.81. The summed E-state index contributed by atoms with van der Waals surface area (Å²) in [6.07, 6.45) is 1.64. The highest BCUT2D eigenvalue weighted by atomic mass is 14.6. The molecule has 0 aliphatic carbocycles. The highest BCUT2D eigenvalue weighted by Crippen LogP contribution is 2.17. The van der Waals surface area contributed by atoms with Crippen molar-refractivity contribution < 1.29 is 0 Å². The Morgan fingerprint density at radius 1 is 0.875 bits per heavy atom. The van der Waals surface area contributed by atoms with Crippen molar-refractivity contribution in [3.05, 3.63) is 57.2 Å². The van der Waals surface area contributed by atoms with Crippen LogP contribution >= 0.6 is 0 Å². The van der Waals surface area contributed by atoms with E-state index in [0.29, 0.717) is 13.1 Å².